The lowest BCUT2D eigenvalue weighted by Crippen LogP contribution is -2.37. The number of ether oxygens (including phenoxy) is 1. The van der Waals surface area contributed by atoms with Gasteiger partial charge in [-0.1, -0.05) is 11.6 Å². The zero-order valence-corrected chi connectivity index (χ0v) is 13.7. The van der Waals surface area contributed by atoms with Crippen LogP contribution in [0.1, 0.15) is 6.42 Å². The number of nitrogens with zero attached hydrogens (tertiary/aromatic N) is 1. The number of benzene rings is 1. The minimum absolute atomic E-state index is 0.0403. The van der Waals surface area contributed by atoms with E-state index in [0.717, 1.165) is 10.4 Å². The number of halogens is 3. The van der Waals surface area contributed by atoms with E-state index in [9.17, 15) is 12.8 Å². The van der Waals surface area contributed by atoms with E-state index < -0.39 is 20.7 Å². The highest BCUT2D eigenvalue weighted by Crippen LogP contribution is 2.36. The van der Waals surface area contributed by atoms with Crippen molar-refractivity contribution < 1.29 is 17.5 Å². The molecule has 1 aliphatic heterocycles. The topological polar surface area (TPSA) is 72.6 Å². The normalized spacial score (nSPS) is 19.8. The highest BCUT2D eigenvalue weighted by atomic mass is 79.9. The van der Waals surface area contributed by atoms with Crippen molar-refractivity contribution in [1.82, 2.24) is 4.31 Å². The number of hydrogen-bond donors (Lipinski definition) is 1. The third-order valence-corrected chi connectivity index (χ3v) is 6.52. The van der Waals surface area contributed by atoms with Crippen LogP contribution >= 0.6 is 27.5 Å². The number of nitrogens with two attached hydrogens (primary N) is 1. The largest absolute Gasteiger partial charge is 0.395 e. The number of sulfonamides is 1. The molecule has 1 unspecified atom stereocenters. The second-order valence-electron chi connectivity index (χ2n) is 4.44. The fraction of sp³-hybridized carbons (Fsp3) is 0.455. The van der Waals surface area contributed by atoms with E-state index in [4.69, 9.17) is 22.1 Å². The summed E-state index contributed by atoms with van der Waals surface area (Å²) >= 11 is 8.87. The van der Waals surface area contributed by atoms with E-state index in [1.54, 1.807) is 0 Å². The summed E-state index contributed by atoms with van der Waals surface area (Å²) in [7, 11) is -2.63. The first-order valence-corrected chi connectivity index (χ1v) is 8.36. The molecule has 0 aliphatic carbocycles. The molecule has 1 aliphatic rings. The van der Waals surface area contributed by atoms with Gasteiger partial charge in [-0.25, -0.2) is 12.8 Å². The highest BCUT2D eigenvalue weighted by Gasteiger charge is 2.34. The van der Waals surface area contributed by atoms with Crippen LogP contribution in [0.4, 0.5) is 10.1 Å². The van der Waals surface area contributed by atoms with Crippen LogP contribution in [0.3, 0.4) is 0 Å². The molecule has 0 saturated carbocycles. The summed E-state index contributed by atoms with van der Waals surface area (Å²) in [6, 6.07) is 0.738. The van der Waals surface area contributed by atoms with E-state index in [2.05, 4.69) is 15.9 Å². The van der Waals surface area contributed by atoms with Crippen molar-refractivity contribution in [2.75, 3.05) is 26.0 Å². The van der Waals surface area contributed by atoms with Crippen LogP contribution in [0.15, 0.2) is 15.4 Å². The molecule has 112 valence electrons. The first-order chi connectivity index (χ1) is 9.26. The molecule has 2 rings (SSSR count). The van der Waals surface area contributed by atoms with Crippen LogP contribution in [-0.2, 0) is 14.8 Å². The number of likely N-dealkylation sites (N-methyl/N-ethyl adjacent to an activating group) is 1. The Bertz CT molecular complexity index is 635. The zero-order chi connectivity index (χ0) is 15.1. The SMILES string of the molecule is CN(C1CCOC1)S(=O)(=O)c1cc(Cl)c(Br)c(N)c1F. The molecular weight excluding hydrogens is 375 g/mol. The van der Waals surface area contributed by atoms with Crippen molar-refractivity contribution in [2.45, 2.75) is 17.4 Å². The quantitative estimate of drug-likeness (QED) is 0.638. The molecule has 0 bridgehead atoms. The summed E-state index contributed by atoms with van der Waals surface area (Å²) in [5.74, 6) is -1.01. The molecule has 1 aromatic carbocycles. The van der Waals surface area contributed by atoms with Gasteiger partial charge in [-0.05, 0) is 28.4 Å². The monoisotopic (exact) mass is 386 g/mol. The third-order valence-electron chi connectivity index (χ3n) is 3.23. The third kappa shape index (κ3) is 2.67. The molecule has 9 heteroatoms. The maximum atomic E-state index is 14.1. The fourth-order valence-electron chi connectivity index (χ4n) is 1.95. The lowest BCUT2D eigenvalue weighted by atomic mass is 10.3. The van der Waals surface area contributed by atoms with Crippen LogP contribution in [-0.4, -0.2) is 39.0 Å². The molecular formula is C11H13BrClFN2O3S. The Kier molecular flexibility index (Phi) is 4.60. The average molecular weight is 388 g/mol. The van der Waals surface area contributed by atoms with E-state index in [-0.39, 0.29) is 27.8 Å². The number of anilines is 1. The molecule has 0 radical (unpaired) electrons. The maximum Gasteiger partial charge on any atom is 0.246 e. The van der Waals surface area contributed by atoms with Crippen molar-refractivity contribution in [3.05, 3.63) is 21.4 Å². The van der Waals surface area contributed by atoms with Crippen LogP contribution < -0.4 is 5.73 Å². The van der Waals surface area contributed by atoms with Gasteiger partial charge in [0.05, 0.1) is 27.8 Å². The average Bonchev–Trinajstić information content (AvgIpc) is 2.93. The molecule has 1 aromatic rings. The molecule has 1 atom stereocenters. The van der Waals surface area contributed by atoms with Crippen molar-refractivity contribution in [3.8, 4) is 0 Å². The minimum Gasteiger partial charge on any atom is -0.395 e. The van der Waals surface area contributed by atoms with Gasteiger partial charge in [0.2, 0.25) is 10.0 Å². The van der Waals surface area contributed by atoms with Gasteiger partial charge in [0, 0.05) is 13.7 Å². The Morgan fingerprint density at radius 1 is 1.60 bits per heavy atom. The van der Waals surface area contributed by atoms with Crippen LogP contribution in [0, 0.1) is 5.82 Å². The second-order valence-corrected chi connectivity index (χ2v) is 7.60. The molecule has 20 heavy (non-hydrogen) atoms. The van der Waals surface area contributed by atoms with Gasteiger partial charge >= 0.3 is 0 Å². The van der Waals surface area contributed by atoms with Crippen LogP contribution in [0.2, 0.25) is 5.02 Å². The molecule has 1 saturated heterocycles. The van der Waals surface area contributed by atoms with Gasteiger partial charge in [0.25, 0.3) is 0 Å². The van der Waals surface area contributed by atoms with Gasteiger partial charge in [0.15, 0.2) is 5.82 Å². The number of hydrogen-bond acceptors (Lipinski definition) is 4. The molecule has 0 aromatic heterocycles. The molecule has 1 heterocycles. The Morgan fingerprint density at radius 3 is 2.80 bits per heavy atom. The van der Waals surface area contributed by atoms with Gasteiger partial charge in [-0.3, -0.25) is 0 Å². The summed E-state index contributed by atoms with van der Waals surface area (Å²) in [4.78, 5) is -0.530. The lowest BCUT2D eigenvalue weighted by molar-refractivity contribution is 0.180. The van der Waals surface area contributed by atoms with E-state index >= 15 is 0 Å². The van der Waals surface area contributed by atoms with Crippen LogP contribution in [0.5, 0.6) is 0 Å². The predicted octanol–water partition coefficient (Wildman–Crippen LogP) is 2.23. The van der Waals surface area contributed by atoms with Gasteiger partial charge in [0.1, 0.15) is 4.90 Å². The zero-order valence-electron chi connectivity index (χ0n) is 10.6. The van der Waals surface area contributed by atoms with Gasteiger partial charge in [-0.2, -0.15) is 4.31 Å². The fourth-order valence-corrected chi connectivity index (χ4v) is 3.98. The Balaban J connectivity index is 2.49. The number of nitrogen functional groups attached to an aromatic ring is 1. The van der Waals surface area contributed by atoms with Gasteiger partial charge in [-0.15, -0.1) is 0 Å². The standard InChI is InChI=1S/C11H13BrClFN2O3S/c1-16(6-2-3-19-5-6)20(17,18)8-4-7(13)9(12)11(15)10(8)14/h4,6H,2-3,5,15H2,1H3. The summed E-state index contributed by atoms with van der Waals surface area (Å²) in [6.45, 7) is 0.771. The molecule has 5 nitrogen and oxygen atoms in total. The van der Waals surface area contributed by atoms with E-state index in [0.29, 0.717) is 13.0 Å². The summed E-state index contributed by atoms with van der Waals surface area (Å²) in [5.41, 5.74) is 5.19. The second kappa shape index (κ2) is 5.76. The summed E-state index contributed by atoms with van der Waals surface area (Å²) in [6.07, 6.45) is 0.567. The van der Waals surface area contributed by atoms with Gasteiger partial charge < -0.3 is 10.5 Å². The highest BCUT2D eigenvalue weighted by molar-refractivity contribution is 9.10. The molecule has 1 fully saturated rings. The van der Waals surface area contributed by atoms with Crippen molar-refractivity contribution in [3.63, 3.8) is 0 Å². The van der Waals surface area contributed by atoms with Crippen molar-refractivity contribution in [2.24, 2.45) is 0 Å². The van der Waals surface area contributed by atoms with Crippen molar-refractivity contribution >= 4 is 43.2 Å². The summed E-state index contributed by atoms with van der Waals surface area (Å²) in [5, 5.41) is 0.0403. The van der Waals surface area contributed by atoms with E-state index in [1.807, 2.05) is 0 Å². The maximum absolute atomic E-state index is 14.1. The first kappa shape index (κ1) is 16.0. The Morgan fingerprint density at radius 2 is 2.25 bits per heavy atom. The van der Waals surface area contributed by atoms with Crippen molar-refractivity contribution in [1.29, 1.82) is 0 Å². The lowest BCUT2D eigenvalue weighted by Gasteiger charge is -2.23. The molecule has 0 spiro atoms. The first-order valence-electron chi connectivity index (χ1n) is 5.75. The molecule has 0 amide bonds. The number of rotatable bonds is 3. The smallest absolute Gasteiger partial charge is 0.246 e. The van der Waals surface area contributed by atoms with Crippen LogP contribution in [0.25, 0.3) is 0 Å². The molecule has 2 N–H and O–H groups in total. The summed E-state index contributed by atoms with van der Waals surface area (Å²) < 4.78 is 45.4. The minimum atomic E-state index is -4.02. The Hall–Kier alpha value is -0.410. The predicted molar refractivity (Wildman–Crippen MR) is 77.7 cm³/mol. The van der Waals surface area contributed by atoms with E-state index in [1.165, 1.54) is 7.05 Å². The Labute approximate surface area is 130 Å².